The van der Waals surface area contributed by atoms with Crippen molar-refractivity contribution in [2.75, 3.05) is 29.5 Å². The summed E-state index contributed by atoms with van der Waals surface area (Å²) < 4.78 is 0. The molecule has 3 rings (SSSR count). The van der Waals surface area contributed by atoms with Crippen molar-refractivity contribution in [3.05, 3.63) is 29.8 Å². The fourth-order valence-corrected chi connectivity index (χ4v) is 4.07. The molecule has 0 radical (unpaired) electrons. The molecule has 0 aromatic heterocycles. The van der Waals surface area contributed by atoms with E-state index in [1.165, 1.54) is 48.7 Å². The van der Waals surface area contributed by atoms with E-state index in [9.17, 15) is 0 Å². The lowest BCUT2D eigenvalue weighted by Gasteiger charge is -2.29. The van der Waals surface area contributed by atoms with E-state index in [2.05, 4.69) is 53.2 Å². The number of para-hydroxylation sites is 1. The van der Waals surface area contributed by atoms with Gasteiger partial charge in [-0.25, -0.2) is 0 Å². The Morgan fingerprint density at radius 3 is 3.11 bits per heavy atom. The van der Waals surface area contributed by atoms with E-state index < -0.39 is 0 Å². The molecule has 2 nitrogen and oxygen atoms in total. The molecule has 0 bridgehead atoms. The van der Waals surface area contributed by atoms with Gasteiger partial charge in [0.15, 0.2) is 0 Å². The van der Waals surface area contributed by atoms with Crippen molar-refractivity contribution in [3.8, 4) is 0 Å². The van der Waals surface area contributed by atoms with Crippen LogP contribution in [0.1, 0.15) is 18.9 Å². The summed E-state index contributed by atoms with van der Waals surface area (Å²) in [7, 11) is 0. The standard InChI is InChI=1S/C15H22N2S/c1-12-10-13-4-2-3-5-15(13)17(12)8-6-14-11-18-9-7-16-14/h2-5,12,14,16H,6-11H2,1H3. The molecule has 1 saturated heterocycles. The van der Waals surface area contributed by atoms with Gasteiger partial charge >= 0.3 is 0 Å². The minimum absolute atomic E-state index is 0.665. The van der Waals surface area contributed by atoms with Gasteiger partial charge in [0.25, 0.3) is 0 Å². The monoisotopic (exact) mass is 262 g/mol. The van der Waals surface area contributed by atoms with Crippen LogP contribution >= 0.6 is 11.8 Å². The predicted molar refractivity (Wildman–Crippen MR) is 80.7 cm³/mol. The second-order valence-electron chi connectivity index (χ2n) is 5.39. The van der Waals surface area contributed by atoms with Gasteiger partial charge in [0.2, 0.25) is 0 Å². The highest BCUT2D eigenvalue weighted by molar-refractivity contribution is 7.99. The van der Waals surface area contributed by atoms with Gasteiger partial charge in [-0.3, -0.25) is 0 Å². The molecule has 2 atom stereocenters. The van der Waals surface area contributed by atoms with Crippen LogP contribution in [0.25, 0.3) is 0 Å². The van der Waals surface area contributed by atoms with Gasteiger partial charge in [-0.1, -0.05) is 18.2 Å². The summed E-state index contributed by atoms with van der Waals surface area (Å²) in [5, 5.41) is 3.63. The number of rotatable bonds is 3. The number of hydrogen-bond acceptors (Lipinski definition) is 3. The molecule has 98 valence electrons. The molecule has 2 aliphatic heterocycles. The Morgan fingerprint density at radius 1 is 1.39 bits per heavy atom. The molecule has 0 spiro atoms. The quantitative estimate of drug-likeness (QED) is 0.901. The number of thioether (sulfide) groups is 1. The topological polar surface area (TPSA) is 15.3 Å². The third kappa shape index (κ3) is 2.52. The third-order valence-electron chi connectivity index (χ3n) is 4.07. The van der Waals surface area contributed by atoms with Crippen LogP contribution < -0.4 is 10.2 Å². The lowest BCUT2D eigenvalue weighted by molar-refractivity contribution is 0.514. The first-order chi connectivity index (χ1) is 8.84. The molecule has 2 unspecified atom stereocenters. The summed E-state index contributed by atoms with van der Waals surface area (Å²) in [4.78, 5) is 2.59. The molecular weight excluding hydrogens is 240 g/mol. The predicted octanol–water partition coefficient (Wildman–Crippen LogP) is 2.53. The van der Waals surface area contributed by atoms with E-state index in [1.807, 2.05) is 0 Å². The van der Waals surface area contributed by atoms with Crippen LogP contribution in [0.4, 0.5) is 5.69 Å². The molecular formula is C15H22N2S. The normalized spacial score (nSPS) is 27.3. The maximum absolute atomic E-state index is 3.63. The highest BCUT2D eigenvalue weighted by Crippen LogP contribution is 2.31. The molecule has 18 heavy (non-hydrogen) atoms. The van der Waals surface area contributed by atoms with E-state index in [0.717, 1.165) is 0 Å². The summed E-state index contributed by atoms with van der Waals surface area (Å²) in [6.45, 7) is 4.72. The van der Waals surface area contributed by atoms with Gasteiger partial charge in [-0.05, 0) is 31.4 Å². The van der Waals surface area contributed by atoms with E-state index >= 15 is 0 Å². The van der Waals surface area contributed by atoms with E-state index in [4.69, 9.17) is 0 Å². The molecule has 2 aliphatic rings. The first-order valence-corrected chi connectivity index (χ1v) is 8.16. The Balaban J connectivity index is 1.62. The molecule has 1 fully saturated rings. The molecule has 3 heteroatoms. The third-order valence-corrected chi connectivity index (χ3v) is 5.20. The lowest BCUT2D eigenvalue weighted by atomic mass is 10.1. The molecule has 0 aliphatic carbocycles. The Morgan fingerprint density at radius 2 is 2.28 bits per heavy atom. The van der Waals surface area contributed by atoms with E-state index in [-0.39, 0.29) is 0 Å². The van der Waals surface area contributed by atoms with E-state index in [1.54, 1.807) is 0 Å². The molecule has 0 amide bonds. The van der Waals surface area contributed by atoms with Crippen LogP contribution in [0, 0.1) is 0 Å². The molecule has 0 saturated carbocycles. The SMILES string of the molecule is CC1Cc2ccccc2N1CCC1CSCCN1. The number of hydrogen-bond donors (Lipinski definition) is 1. The fourth-order valence-electron chi connectivity index (χ4n) is 3.07. The maximum atomic E-state index is 3.63. The lowest BCUT2D eigenvalue weighted by Crippen LogP contribution is -2.41. The average molecular weight is 262 g/mol. The van der Waals surface area contributed by atoms with Gasteiger partial charge in [0.05, 0.1) is 0 Å². The molecule has 1 N–H and O–H groups in total. The average Bonchev–Trinajstić information content (AvgIpc) is 2.73. The number of nitrogens with zero attached hydrogens (tertiary/aromatic N) is 1. The zero-order valence-corrected chi connectivity index (χ0v) is 11.9. The number of benzene rings is 1. The molecule has 2 heterocycles. The van der Waals surface area contributed by atoms with Gasteiger partial charge in [0, 0.05) is 42.4 Å². The van der Waals surface area contributed by atoms with Crippen molar-refractivity contribution < 1.29 is 0 Å². The van der Waals surface area contributed by atoms with Crippen molar-refractivity contribution in [2.24, 2.45) is 0 Å². The summed E-state index contributed by atoms with van der Waals surface area (Å²) in [6, 6.07) is 10.3. The highest BCUT2D eigenvalue weighted by Gasteiger charge is 2.25. The van der Waals surface area contributed by atoms with Gasteiger partial charge in [0.1, 0.15) is 0 Å². The van der Waals surface area contributed by atoms with Crippen LogP contribution in [0.3, 0.4) is 0 Å². The van der Waals surface area contributed by atoms with Crippen molar-refractivity contribution in [2.45, 2.75) is 31.8 Å². The highest BCUT2D eigenvalue weighted by atomic mass is 32.2. The molecule has 1 aromatic carbocycles. The Hall–Kier alpha value is -0.670. The van der Waals surface area contributed by atoms with E-state index in [0.29, 0.717) is 12.1 Å². The van der Waals surface area contributed by atoms with Crippen LogP contribution in [0.2, 0.25) is 0 Å². The number of fused-ring (bicyclic) bond motifs is 1. The minimum Gasteiger partial charge on any atom is -0.368 e. The van der Waals surface area contributed by atoms with Gasteiger partial charge in [-0.15, -0.1) is 0 Å². The maximum Gasteiger partial charge on any atom is 0.0402 e. The van der Waals surface area contributed by atoms with Crippen LogP contribution in [-0.4, -0.2) is 36.7 Å². The first-order valence-electron chi connectivity index (χ1n) is 7.00. The van der Waals surface area contributed by atoms with Crippen LogP contribution in [-0.2, 0) is 6.42 Å². The summed E-state index contributed by atoms with van der Waals surface area (Å²) >= 11 is 2.09. The number of anilines is 1. The van der Waals surface area contributed by atoms with Crippen molar-refractivity contribution in [3.63, 3.8) is 0 Å². The largest absolute Gasteiger partial charge is 0.368 e. The summed E-state index contributed by atoms with van der Waals surface area (Å²) in [5.41, 5.74) is 2.99. The first kappa shape index (κ1) is 12.4. The second kappa shape index (κ2) is 5.54. The Bertz CT molecular complexity index is 401. The van der Waals surface area contributed by atoms with Crippen molar-refractivity contribution in [1.82, 2.24) is 5.32 Å². The summed E-state index contributed by atoms with van der Waals surface area (Å²) in [6.07, 6.45) is 2.48. The van der Waals surface area contributed by atoms with Crippen LogP contribution in [0.15, 0.2) is 24.3 Å². The van der Waals surface area contributed by atoms with Crippen molar-refractivity contribution in [1.29, 1.82) is 0 Å². The van der Waals surface area contributed by atoms with Crippen LogP contribution in [0.5, 0.6) is 0 Å². The number of nitrogens with one attached hydrogen (secondary N) is 1. The zero-order valence-electron chi connectivity index (χ0n) is 11.1. The van der Waals surface area contributed by atoms with Crippen molar-refractivity contribution >= 4 is 17.4 Å². The minimum atomic E-state index is 0.665. The molecule has 1 aromatic rings. The second-order valence-corrected chi connectivity index (χ2v) is 6.54. The summed E-state index contributed by atoms with van der Waals surface area (Å²) in [5.74, 6) is 2.56. The smallest absolute Gasteiger partial charge is 0.0402 e. The van der Waals surface area contributed by atoms with Gasteiger partial charge in [-0.2, -0.15) is 11.8 Å². The fraction of sp³-hybridized carbons (Fsp3) is 0.600. The Labute approximate surface area is 114 Å². The Kier molecular flexibility index (Phi) is 3.80. The zero-order chi connectivity index (χ0) is 12.4. The van der Waals surface area contributed by atoms with Gasteiger partial charge < -0.3 is 10.2 Å².